The molecule has 0 aliphatic carbocycles. The summed E-state index contributed by atoms with van der Waals surface area (Å²) in [7, 11) is 1.59. The van der Waals surface area contributed by atoms with Gasteiger partial charge in [0.15, 0.2) is 0 Å². The van der Waals surface area contributed by atoms with Crippen molar-refractivity contribution in [1.29, 1.82) is 0 Å². The highest BCUT2D eigenvalue weighted by atomic mass is 35.5. The number of hydrogen-bond donors (Lipinski definition) is 0. The van der Waals surface area contributed by atoms with Gasteiger partial charge in [0.2, 0.25) is 5.28 Å². The van der Waals surface area contributed by atoms with Crippen molar-refractivity contribution in [2.24, 2.45) is 0 Å². The van der Waals surface area contributed by atoms with Gasteiger partial charge in [0.05, 0.1) is 12.7 Å². The van der Waals surface area contributed by atoms with Crippen LogP contribution in [0.3, 0.4) is 0 Å². The fraction of sp³-hybridized carbons (Fsp3) is 0.111. The largest absolute Gasteiger partial charge is 0.496 e. The minimum Gasteiger partial charge on any atom is -0.496 e. The number of methoxy groups -OCH3 is 1. The van der Waals surface area contributed by atoms with Gasteiger partial charge in [-0.05, 0) is 41.3 Å². The number of hydrogen-bond acceptors (Lipinski definition) is 4. The third-order valence-corrected chi connectivity index (χ3v) is 3.05. The molecule has 2 aromatic rings. The van der Waals surface area contributed by atoms with E-state index in [-0.39, 0.29) is 5.28 Å². The molecule has 1 aromatic heterocycles. The molecular weight excluding hydrogens is 255 g/mol. The van der Waals surface area contributed by atoms with E-state index in [1.807, 2.05) is 0 Å². The predicted octanol–water partition coefficient (Wildman–Crippen LogP) is 3.52. The Kier molecular flexibility index (Phi) is 3.09. The molecule has 1 heterocycles. The summed E-state index contributed by atoms with van der Waals surface area (Å²) in [6.07, 6.45) is 0. The zero-order valence-corrected chi connectivity index (χ0v) is 10.0. The first-order chi connectivity index (χ1) is 7.20. The van der Waals surface area contributed by atoms with E-state index in [2.05, 4.69) is 9.36 Å². The smallest absolute Gasteiger partial charge is 0.234 e. The van der Waals surface area contributed by atoms with Gasteiger partial charge in [-0.1, -0.05) is 11.6 Å². The second kappa shape index (κ2) is 4.35. The van der Waals surface area contributed by atoms with Crippen LogP contribution in [0.2, 0.25) is 10.3 Å². The molecule has 0 unspecified atom stereocenters. The molecule has 3 nitrogen and oxygen atoms in total. The van der Waals surface area contributed by atoms with E-state index in [0.29, 0.717) is 15.8 Å². The first-order valence-electron chi connectivity index (χ1n) is 4.04. The van der Waals surface area contributed by atoms with Gasteiger partial charge in [0.25, 0.3) is 0 Å². The van der Waals surface area contributed by atoms with E-state index in [9.17, 15) is 0 Å². The van der Waals surface area contributed by atoms with Crippen molar-refractivity contribution in [2.75, 3.05) is 7.11 Å². The maximum atomic E-state index is 5.90. The number of halogens is 2. The molecule has 0 aliphatic heterocycles. The van der Waals surface area contributed by atoms with Crippen LogP contribution in [0.25, 0.3) is 10.6 Å². The quantitative estimate of drug-likeness (QED) is 0.829. The number of benzene rings is 1. The summed E-state index contributed by atoms with van der Waals surface area (Å²) in [5.41, 5.74) is 0.800. The van der Waals surface area contributed by atoms with Crippen molar-refractivity contribution in [2.45, 2.75) is 0 Å². The molecular formula is C9H6Cl2N2OS. The molecule has 0 spiro atoms. The highest BCUT2D eigenvalue weighted by molar-refractivity contribution is 7.09. The molecule has 2 rings (SSSR count). The number of ether oxygens (including phenoxy) is 1. The molecule has 0 amide bonds. The molecule has 15 heavy (non-hydrogen) atoms. The number of rotatable bonds is 2. The highest BCUT2D eigenvalue weighted by Crippen LogP contribution is 2.33. The lowest BCUT2D eigenvalue weighted by Gasteiger charge is -2.05. The van der Waals surface area contributed by atoms with Crippen LogP contribution in [0.1, 0.15) is 0 Å². The monoisotopic (exact) mass is 260 g/mol. The van der Waals surface area contributed by atoms with Crippen LogP contribution in [0.15, 0.2) is 18.2 Å². The van der Waals surface area contributed by atoms with Crippen LogP contribution < -0.4 is 4.74 Å². The molecule has 6 heteroatoms. The van der Waals surface area contributed by atoms with E-state index < -0.39 is 0 Å². The molecule has 0 bridgehead atoms. The molecule has 1 aromatic carbocycles. The van der Waals surface area contributed by atoms with E-state index in [1.165, 1.54) is 11.5 Å². The Labute approximate surface area is 101 Å². The lowest BCUT2D eigenvalue weighted by atomic mass is 10.2. The van der Waals surface area contributed by atoms with Crippen molar-refractivity contribution in [3.63, 3.8) is 0 Å². The Morgan fingerprint density at radius 1 is 1.33 bits per heavy atom. The van der Waals surface area contributed by atoms with Gasteiger partial charge in [-0.3, -0.25) is 0 Å². The van der Waals surface area contributed by atoms with Gasteiger partial charge in [-0.25, -0.2) is 4.98 Å². The van der Waals surface area contributed by atoms with Gasteiger partial charge >= 0.3 is 0 Å². The average molecular weight is 261 g/mol. The maximum Gasteiger partial charge on any atom is 0.234 e. The van der Waals surface area contributed by atoms with Crippen LogP contribution in [-0.2, 0) is 0 Å². The number of aromatic nitrogens is 2. The van der Waals surface area contributed by atoms with Crippen LogP contribution in [0.4, 0.5) is 0 Å². The Balaban J connectivity index is 2.55. The first-order valence-corrected chi connectivity index (χ1v) is 5.57. The van der Waals surface area contributed by atoms with Crippen molar-refractivity contribution in [3.05, 3.63) is 28.5 Å². The molecule has 0 aliphatic rings. The molecule has 0 radical (unpaired) electrons. The summed E-state index contributed by atoms with van der Waals surface area (Å²) in [6.45, 7) is 0. The van der Waals surface area contributed by atoms with Gasteiger partial charge in [-0.15, -0.1) is 0 Å². The SMILES string of the molecule is COc1ccc(Cl)cc1-c1nc(Cl)ns1. The van der Waals surface area contributed by atoms with Crippen molar-refractivity contribution in [3.8, 4) is 16.3 Å². The summed E-state index contributed by atoms with van der Waals surface area (Å²) in [4.78, 5) is 4.06. The minimum absolute atomic E-state index is 0.233. The Hall–Kier alpha value is -0.840. The standard InChI is InChI=1S/C9H6Cl2N2OS/c1-14-7-3-2-5(10)4-6(7)8-12-9(11)13-15-8/h2-4H,1H3. The molecule has 0 saturated heterocycles. The first kappa shape index (κ1) is 10.7. The van der Waals surface area contributed by atoms with E-state index in [1.54, 1.807) is 25.3 Å². The number of nitrogens with zero attached hydrogens (tertiary/aromatic N) is 2. The van der Waals surface area contributed by atoms with Gasteiger partial charge in [0.1, 0.15) is 10.8 Å². The zero-order valence-electron chi connectivity index (χ0n) is 7.70. The zero-order chi connectivity index (χ0) is 10.8. The lowest BCUT2D eigenvalue weighted by Crippen LogP contribution is -1.87. The average Bonchev–Trinajstić information content (AvgIpc) is 2.65. The summed E-state index contributed by atoms with van der Waals surface area (Å²) in [5, 5.41) is 1.55. The fourth-order valence-corrected chi connectivity index (χ4v) is 2.16. The highest BCUT2D eigenvalue weighted by Gasteiger charge is 2.11. The second-order valence-electron chi connectivity index (χ2n) is 2.71. The van der Waals surface area contributed by atoms with E-state index in [0.717, 1.165) is 5.56 Å². The summed E-state index contributed by atoms with van der Waals surface area (Å²) < 4.78 is 9.10. The van der Waals surface area contributed by atoms with Crippen LogP contribution in [0.5, 0.6) is 5.75 Å². The molecule has 0 N–H and O–H groups in total. The minimum atomic E-state index is 0.233. The fourth-order valence-electron chi connectivity index (χ4n) is 1.16. The van der Waals surface area contributed by atoms with Crippen molar-refractivity contribution < 1.29 is 4.74 Å². The van der Waals surface area contributed by atoms with Gasteiger partial charge < -0.3 is 4.74 Å². The Morgan fingerprint density at radius 2 is 2.13 bits per heavy atom. The van der Waals surface area contributed by atoms with E-state index in [4.69, 9.17) is 27.9 Å². The van der Waals surface area contributed by atoms with E-state index >= 15 is 0 Å². The summed E-state index contributed by atoms with van der Waals surface area (Å²) in [5.74, 6) is 0.701. The normalized spacial score (nSPS) is 10.3. The van der Waals surface area contributed by atoms with Crippen molar-refractivity contribution >= 4 is 34.7 Å². The lowest BCUT2D eigenvalue weighted by molar-refractivity contribution is 0.416. The van der Waals surface area contributed by atoms with Crippen LogP contribution in [-0.4, -0.2) is 16.5 Å². The predicted molar refractivity (Wildman–Crippen MR) is 61.9 cm³/mol. The summed E-state index contributed by atoms with van der Waals surface area (Å²) in [6, 6.07) is 5.32. The second-order valence-corrected chi connectivity index (χ2v) is 4.24. The van der Waals surface area contributed by atoms with Gasteiger partial charge in [0, 0.05) is 5.02 Å². The maximum absolute atomic E-state index is 5.90. The Morgan fingerprint density at radius 3 is 2.73 bits per heavy atom. The van der Waals surface area contributed by atoms with Gasteiger partial charge in [-0.2, -0.15) is 4.37 Å². The molecule has 0 saturated carbocycles. The van der Waals surface area contributed by atoms with Crippen LogP contribution >= 0.6 is 34.7 Å². The van der Waals surface area contributed by atoms with Crippen LogP contribution in [0, 0.1) is 0 Å². The molecule has 0 fully saturated rings. The third kappa shape index (κ3) is 2.22. The molecule has 0 atom stereocenters. The van der Waals surface area contributed by atoms with Crippen molar-refractivity contribution in [1.82, 2.24) is 9.36 Å². The molecule has 78 valence electrons. The topological polar surface area (TPSA) is 35.0 Å². The summed E-state index contributed by atoms with van der Waals surface area (Å²) >= 11 is 12.8. The Bertz CT molecular complexity index is 487. The third-order valence-electron chi connectivity index (χ3n) is 1.79.